The minimum Gasteiger partial charge on any atom is -0.469 e. The van der Waals surface area contributed by atoms with Gasteiger partial charge in [0.05, 0.1) is 7.11 Å². The van der Waals surface area contributed by atoms with Gasteiger partial charge in [0.25, 0.3) is 0 Å². The van der Waals surface area contributed by atoms with Gasteiger partial charge in [0.2, 0.25) is 0 Å². The largest absolute Gasteiger partial charge is 0.469 e. The van der Waals surface area contributed by atoms with E-state index in [9.17, 15) is 9.59 Å². The Morgan fingerprint density at radius 3 is 1.93 bits per heavy atom. The van der Waals surface area contributed by atoms with Gasteiger partial charge in [-0.15, -0.1) is 0 Å². The van der Waals surface area contributed by atoms with E-state index in [4.69, 9.17) is 4.74 Å². The van der Waals surface area contributed by atoms with E-state index in [0.29, 0.717) is 12.3 Å². The van der Waals surface area contributed by atoms with Crippen LogP contribution in [-0.2, 0) is 20.7 Å². The third-order valence-corrected chi connectivity index (χ3v) is 4.11. The van der Waals surface area contributed by atoms with Crippen molar-refractivity contribution in [3.8, 4) is 0 Å². The molecule has 0 aliphatic heterocycles. The molecule has 1 rings (SSSR count). The summed E-state index contributed by atoms with van der Waals surface area (Å²) < 4.78 is 9.58. The number of benzene rings is 1. The number of aryl methyl sites for hydroxylation is 1. The number of ether oxygens (including phenoxy) is 2. The molecule has 5 nitrogen and oxygen atoms in total. The van der Waals surface area contributed by atoms with Crippen LogP contribution in [0.3, 0.4) is 0 Å². The Bertz CT molecular complexity index is 555. The molecule has 1 aromatic rings. The summed E-state index contributed by atoms with van der Waals surface area (Å²) in [6, 6.07) is 8.68. The quantitative estimate of drug-likeness (QED) is 0.579. The van der Waals surface area contributed by atoms with Gasteiger partial charge < -0.3 is 14.8 Å². The number of hydrogen-bond acceptors (Lipinski definition) is 4. The van der Waals surface area contributed by atoms with Gasteiger partial charge >= 0.3 is 12.1 Å². The highest BCUT2D eigenvalue weighted by molar-refractivity contribution is 5.68. The fourth-order valence-electron chi connectivity index (χ4n) is 2.46. The highest BCUT2D eigenvalue weighted by Crippen LogP contribution is 2.17. The lowest BCUT2D eigenvalue weighted by Gasteiger charge is -2.26. The maximum atomic E-state index is 11.9. The first-order valence-electron chi connectivity index (χ1n) is 10.6. The maximum absolute atomic E-state index is 11.9. The lowest BCUT2D eigenvalue weighted by atomic mass is 9.90. The van der Waals surface area contributed by atoms with Gasteiger partial charge in [0.15, 0.2) is 0 Å². The van der Waals surface area contributed by atoms with Crippen molar-refractivity contribution in [2.45, 2.75) is 93.2 Å². The minimum absolute atomic E-state index is 0.0890. The Kier molecular flexibility index (Phi) is 15.9. The molecule has 0 radical (unpaired) electrons. The predicted molar refractivity (Wildman–Crippen MR) is 121 cm³/mol. The average molecular weight is 410 g/mol. The van der Waals surface area contributed by atoms with Gasteiger partial charge in [-0.2, -0.15) is 0 Å². The summed E-state index contributed by atoms with van der Waals surface area (Å²) in [6.45, 7) is 17.7. The van der Waals surface area contributed by atoms with E-state index in [2.05, 4.69) is 48.2 Å². The molecule has 0 aromatic heterocycles. The first-order chi connectivity index (χ1) is 13.5. The zero-order chi connectivity index (χ0) is 23.0. The molecule has 1 amide bonds. The Balaban J connectivity index is 0. The van der Waals surface area contributed by atoms with Gasteiger partial charge in [-0.3, -0.25) is 4.79 Å². The number of alkyl carbamates (subject to hydrolysis) is 1. The molecule has 1 aromatic carbocycles. The Morgan fingerprint density at radius 2 is 1.59 bits per heavy atom. The predicted octanol–water partition coefficient (Wildman–Crippen LogP) is 6.07. The van der Waals surface area contributed by atoms with Crippen molar-refractivity contribution >= 4 is 12.1 Å². The molecule has 0 fully saturated rings. The SMILES string of the molecule is CC.CCC(=O)OC.CCC(Cc1ccc(C)cc1)C(C)NC(=O)OC(C)(C)C. The average Bonchev–Trinajstić information content (AvgIpc) is 2.67. The van der Waals surface area contributed by atoms with Crippen LogP contribution in [0.2, 0.25) is 0 Å². The van der Waals surface area contributed by atoms with Crippen molar-refractivity contribution < 1.29 is 19.1 Å². The molecule has 1 N–H and O–H groups in total. The summed E-state index contributed by atoms with van der Waals surface area (Å²) in [4.78, 5) is 21.8. The number of carbonyl (C=O) groups excluding carboxylic acids is 2. The molecule has 168 valence electrons. The molecule has 0 saturated heterocycles. The number of esters is 1. The van der Waals surface area contributed by atoms with E-state index in [1.807, 2.05) is 41.5 Å². The topological polar surface area (TPSA) is 64.6 Å². The summed E-state index contributed by atoms with van der Waals surface area (Å²) in [5.74, 6) is 0.246. The summed E-state index contributed by atoms with van der Waals surface area (Å²) in [5.41, 5.74) is 2.12. The van der Waals surface area contributed by atoms with Crippen LogP contribution in [0.15, 0.2) is 24.3 Å². The second kappa shape index (κ2) is 15.8. The van der Waals surface area contributed by atoms with Crippen LogP contribution in [0.5, 0.6) is 0 Å². The number of methoxy groups -OCH3 is 1. The first kappa shape index (κ1) is 29.2. The van der Waals surface area contributed by atoms with Crippen LogP contribution in [-0.4, -0.2) is 30.8 Å². The fourth-order valence-corrected chi connectivity index (χ4v) is 2.46. The third kappa shape index (κ3) is 15.5. The molecule has 0 spiro atoms. The number of hydrogen-bond donors (Lipinski definition) is 1. The van der Waals surface area contributed by atoms with Crippen molar-refractivity contribution in [3.63, 3.8) is 0 Å². The zero-order valence-electron chi connectivity index (χ0n) is 20.2. The highest BCUT2D eigenvalue weighted by Gasteiger charge is 2.22. The summed E-state index contributed by atoms with van der Waals surface area (Å²) in [5, 5.41) is 2.96. The van der Waals surface area contributed by atoms with Crippen molar-refractivity contribution in [3.05, 3.63) is 35.4 Å². The summed E-state index contributed by atoms with van der Waals surface area (Å²) in [6.07, 6.45) is 2.12. The maximum Gasteiger partial charge on any atom is 0.407 e. The monoisotopic (exact) mass is 409 g/mol. The molecule has 0 bridgehead atoms. The molecule has 2 atom stereocenters. The van der Waals surface area contributed by atoms with Gasteiger partial charge in [0, 0.05) is 12.5 Å². The molecule has 29 heavy (non-hydrogen) atoms. The minimum atomic E-state index is -0.456. The molecule has 2 unspecified atom stereocenters. The number of carbonyl (C=O) groups is 2. The van der Waals surface area contributed by atoms with Gasteiger partial charge in [0.1, 0.15) is 5.60 Å². The Hall–Kier alpha value is -2.04. The number of rotatable bonds is 6. The molecular weight excluding hydrogens is 366 g/mol. The van der Waals surface area contributed by atoms with E-state index in [0.717, 1.165) is 12.8 Å². The van der Waals surface area contributed by atoms with Crippen LogP contribution in [0, 0.1) is 12.8 Å². The van der Waals surface area contributed by atoms with Crippen LogP contribution >= 0.6 is 0 Å². The van der Waals surface area contributed by atoms with Crippen LogP contribution in [0.1, 0.15) is 79.4 Å². The van der Waals surface area contributed by atoms with E-state index in [1.54, 1.807) is 6.92 Å². The lowest BCUT2D eigenvalue weighted by molar-refractivity contribution is -0.140. The second-order valence-electron chi connectivity index (χ2n) is 7.72. The molecule has 0 aliphatic rings. The highest BCUT2D eigenvalue weighted by atomic mass is 16.6. The Labute approximate surface area is 178 Å². The number of amides is 1. The smallest absolute Gasteiger partial charge is 0.407 e. The first-order valence-corrected chi connectivity index (χ1v) is 10.6. The van der Waals surface area contributed by atoms with Gasteiger partial charge in [-0.1, -0.05) is 63.9 Å². The van der Waals surface area contributed by atoms with E-state index in [1.165, 1.54) is 18.2 Å². The van der Waals surface area contributed by atoms with Gasteiger partial charge in [-0.25, -0.2) is 4.79 Å². The van der Waals surface area contributed by atoms with Crippen LogP contribution < -0.4 is 5.32 Å². The lowest BCUT2D eigenvalue weighted by Crippen LogP contribution is -2.41. The fraction of sp³-hybridized carbons (Fsp3) is 0.667. The molecule has 5 heteroatoms. The number of nitrogens with one attached hydrogen (secondary N) is 1. The van der Waals surface area contributed by atoms with Crippen LogP contribution in [0.25, 0.3) is 0 Å². The standard InChI is InChI=1S/C18H29NO2.C4H8O2.C2H6/c1-7-16(12-15-10-8-13(2)9-11-15)14(3)19-17(20)21-18(4,5)6;1-3-4(5)6-2;1-2/h8-11,14,16H,7,12H2,1-6H3,(H,19,20);3H2,1-2H3;1-2H3. The third-order valence-electron chi connectivity index (χ3n) is 4.11. The van der Waals surface area contributed by atoms with Crippen LogP contribution in [0.4, 0.5) is 4.79 Å². The van der Waals surface area contributed by atoms with E-state index in [-0.39, 0.29) is 18.1 Å². The molecule has 0 aliphatic carbocycles. The molecule has 0 saturated carbocycles. The molecular formula is C24H43NO4. The van der Waals surface area contributed by atoms with E-state index < -0.39 is 5.60 Å². The van der Waals surface area contributed by atoms with Crippen molar-refractivity contribution in [2.75, 3.05) is 7.11 Å². The summed E-state index contributed by atoms with van der Waals surface area (Å²) >= 11 is 0. The molecule has 0 heterocycles. The van der Waals surface area contributed by atoms with E-state index >= 15 is 0 Å². The van der Waals surface area contributed by atoms with Gasteiger partial charge in [-0.05, 0) is 52.5 Å². The van der Waals surface area contributed by atoms with Crippen molar-refractivity contribution in [2.24, 2.45) is 5.92 Å². The second-order valence-corrected chi connectivity index (χ2v) is 7.72. The van der Waals surface area contributed by atoms with Crippen molar-refractivity contribution in [1.82, 2.24) is 5.32 Å². The Morgan fingerprint density at radius 1 is 1.07 bits per heavy atom. The summed E-state index contributed by atoms with van der Waals surface area (Å²) in [7, 11) is 1.38. The zero-order valence-corrected chi connectivity index (χ0v) is 20.2. The normalized spacial score (nSPS) is 12.2. The van der Waals surface area contributed by atoms with Crippen molar-refractivity contribution in [1.29, 1.82) is 0 Å².